The summed E-state index contributed by atoms with van der Waals surface area (Å²) in [6.07, 6.45) is 0.196. The summed E-state index contributed by atoms with van der Waals surface area (Å²) >= 11 is 0. The average Bonchev–Trinajstić information content (AvgIpc) is 2.35. The van der Waals surface area contributed by atoms with Gasteiger partial charge < -0.3 is 15.7 Å². The standard InChI is InChI=1S/C13H17FN2O2/c1-8-7-16(5-4-12(8)17)13(18)9-2-3-11(15)10(14)6-9/h2-3,6,8,12,17H,4-5,7,15H2,1H3. The van der Waals surface area contributed by atoms with Crippen molar-refractivity contribution in [1.82, 2.24) is 4.90 Å². The lowest BCUT2D eigenvalue weighted by Crippen LogP contribution is -2.45. The number of hydrogen-bond acceptors (Lipinski definition) is 3. The van der Waals surface area contributed by atoms with Gasteiger partial charge in [-0.15, -0.1) is 0 Å². The summed E-state index contributed by atoms with van der Waals surface area (Å²) in [5.41, 5.74) is 5.71. The quantitative estimate of drug-likeness (QED) is 0.739. The Hall–Kier alpha value is -1.62. The van der Waals surface area contributed by atoms with Crippen LogP contribution in [0, 0.1) is 11.7 Å². The van der Waals surface area contributed by atoms with Gasteiger partial charge in [0.15, 0.2) is 0 Å². The van der Waals surface area contributed by atoms with E-state index >= 15 is 0 Å². The van der Waals surface area contributed by atoms with Crippen LogP contribution >= 0.6 is 0 Å². The number of carbonyl (C=O) groups excluding carboxylic acids is 1. The third kappa shape index (κ3) is 2.46. The van der Waals surface area contributed by atoms with Crippen LogP contribution in [0.25, 0.3) is 0 Å². The van der Waals surface area contributed by atoms with Crippen LogP contribution in [0.4, 0.5) is 10.1 Å². The molecule has 1 aliphatic heterocycles. The van der Waals surface area contributed by atoms with Crippen LogP contribution in [0.5, 0.6) is 0 Å². The minimum atomic E-state index is -0.578. The van der Waals surface area contributed by atoms with Crippen LogP contribution in [0.3, 0.4) is 0 Å². The highest BCUT2D eigenvalue weighted by atomic mass is 19.1. The fourth-order valence-corrected chi connectivity index (χ4v) is 2.16. The van der Waals surface area contributed by atoms with Gasteiger partial charge in [0.2, 0.25) is 0 Å². The second-order valence-corrected chi connectivity index (χ2v) is 4.82. The van der Waals surface area contributed by atoms with Gasteiger partial charge in [-0.2, -0.15) is 0 Å². The summed E-state index contributed by atoms with van der Waals surface area (Å²) in [7, 11) is 0. The molecule has 1 fully saturated rings. The van der Waals surface area contributed by atoms with Crippen molar-refractivity contribution in [2.45, 2.75) is 19.4 Å². The highest BCUT2D eigenvalue weighted by Crippen LogP contribution is 2.20. The van der Waals surface area contributed by atoms with E-state index in [-0.39, 0.29) is 23.6 Å². The zero-order valence-corrected chi connectivity index (χ0v) is 10.3. The number of carbonyl (C=O) groups is 1. The molecule has 5 heteroatoms. The van der Waals surface area contributed by atoms with Crippen LogP contribution in [0.15, 0.2) is 18.2 Å². The summed E-state index contributed by atoms with van der Waals surface area (Å²) in [5, 5.41) is 9.61. The molecule has 0 spiro atoms. The largest absolute Gasteiger partial charge is 0.396 e. The number of nitrogens with two attached hydrogens (primary N) is 1. The Kier molecular flexibility index (Phi) is 3.52. The molecule has 1 aliphatic rings. The first-order valence-electron chi connectivity index (χ1n) is 6.01. The molecule has 1 saturated heterocycles. The summed E-state index contributed by atoms with van der Waals surface area (Å²) in [6.45, 7) is 2.88. The Morgan fingerprint density at radius 2 is 2.28 bits per heavy atom. The number of likely N-dealkylation sites (tertiary alicyclic amines) is 1. The number of amides is 1. The smallest absolute Gasteiger partial charge is 0.253 e. The van der Waals surface area contributed by atoms with E-state index in [2.05, 4.69) is 0 Å². The molecule has 2 atom stereocenters. The Morgan fingerprint density at radius 3 is 2.89 bits per heavy atom. The molecule has 1 heterocycles. The third-order valence-corrected chi connectivity index (χ3v) is 3.39. The van der Waals surface area contributed by atoms with Crippen molar-refractivity contribution < 1.29 is 14.3 Å². The van der Waals surface area contributed by atoms with E-state index in [0.29, 0.717) is 25.1 Å². The molecule has 0 saturated carbocycles. The monoisotopic (exact) mass is 252 g/mol. The second kappa shape index (κ2) is 4.94. The average molecular weight is 252 g/mol. The van der Waals surface area contributed by atoms with Crippen molar-refractivity contribution in [2.24, 2.45) is 5.92 Å². The van der Waals surface area contributed by atoms with E-state index in [1.54, 1.807) is 4.90 Å². The molecular formula is C13H17FN2O2. The number of halogens is 1. The number of nitrogens with zero attached hydrogens (tertiary/aromatic N) is 1. The fourth-order valence-electron chi connectivity index (χ4n) is 2.16. The van der Waals surface area contributed by atoms with Crippen molar-refractivity contribution in [1.29, 1.82) is 0 Å². The van der Waals surface area contributed by atoms with Crippen molar-refractivity contribution >= 4 is 11.6 Å². The van der Waals surface area contributed by atoms with E-state index < -0.39 is 5.82 Å². The summed E-state index contributed by atoms with van der Waals surface area (Å²) in [6, 6.07) is 4.08. The van der Waals surface area contributed by atoms with E-state index in [9.17, 15) is 14.3 Å². The minimum Gasteiger partial charge on any atom is -0.396 e. The molecule has 0 aliphatic carbocycles. The second-order valence-electron chi connectivity index (χ2n) is 4.82. The lowest BCUT2D eigenvalue weighted by Gasteiger charge is -2.34. The summed E-state index contributed by atoms with van der Waals surface area (Å²) in [4.78, 5) is 13.8. The molecule has 18 heavy (non-hydrogen) atoms. The zero-order valence-electron chi connectivity index (χ0n) is 10.3. The molecule has 0 aromatic heterocycles. The maximum Gasteiger partial charge on any atom is 0.253 e. The summed E-state index contributed by atoms with van der Waals surface area (Å²) < 4.78 is 13.3. The molecule has 4 nitrogen and oxygen atoms in total. The molecule has 2 rings (SSSR count). The maximum atomic E-state index is 13.3. The van der Waals surface area contributed by atoms with Crippen molar-refractivity contribution in [3.63, 3.8) is 0 Å². The van der Waals surface area contributed by atoms with Crippen LogP contribution in [0.1, 0.15) is 23.7 Å². The molecule has 0 bridgehead atoms. The first-order chi connectivity index (χ1) is 8.49. The Morgan fingerprint density at radius 1 is 1.56 bits per heavy atom. The van der Waals surface area contributed by atoms with Gasteiger partial charge in [0.1, 0.15) is 5.82 Å². The topological polar surface area (TPSA) is 66.6 Å². The highest BCUT2D eigenvalue weighted by molar-refractivity contribution is 5.94. The van der Waals surface area contributed by atoms with Crippen LogP contribution in [-0.2, 0) is 0 Å². The summed E-state index contributed by atoms with van der Waals surface area (Å²) in [5.74, 6) is -0.750. The SMILES string of the molecule is CC1CN(C(=O)c2ccc(N)c(F)c2)CCC1O. The van der Waals surface area contributed by atoms with Crippen molar-refractivity contribution in [2.75, 3.05) is 18.8 Å². The predicted octanol–water partition coefficient (Wildman–Crippen LogP) is 1.25. The van der Waals surface area contributed by atoms with E-state index in [0.717, 1.165) is 6.07 Å². The number of piperidine rings is 1. The number of rotatable bonds is 1. The first kappa shape index (κ1) is 12.8. The number of benzene rings is 1. The minimum absolute atomic E-state index is 0.0361. The molecule has 1 aromatic rings. The molecule has 1 aromatic carbocycles. The van der Waals surface area contributed by atoms with E-state index in [4.69, 9.17) is 5.73 Å². The molecule has 2 unspecified atom stereocenters. The molecular weight excluding hydrogens is 235 g/mol. The van der Waals surface area contributed by atoms with Gasteiger partial charge in [0, 0.05) is 18.7 Å². The van der Waals surface area contributed by atoms with Gasteiger partial charge >= 0.3 is 0 Å². The Balaban J connectivity index is 2.14. The highest BCUT2D eigenvalue weighted by Gasteiger charge is 2.27. The fraction of sp³-hybridized carbons (Fsp3) is 0.462. The number of anilines is 1. The van der Waals surface area contributed by atoms with Crippen LogP contribution < -0.4 is 5.73 Å². The normalized spacial score (nSPS) is 24.1. The predicted molar refractivity (Wildman–Crippen MR) is 66.5 cm³/mol. The van der Waals surface area contributed by atoms with Gasteiger partial charge in [-0.25, -0.2) is 4.39 Å². The lowest BCUT2D eigenvalue weighted by atomic mass is 9.96. The van der Waals surface area contributed by atoms with Gasteiger partial charge in [-0.05, 0) is 30.5 Å². The molecule has 3 N–H and O–H groups in total. The van der Waals surface area contributed by atoms with E-state index in [1.807, 2.05) is 6.92 Å². The van der Waals surface area contributed by atoms with Crippen molar-refractivity contribution in [3.05, 3.63) is 29.6 Å². The lowest BCUT2D eigenvalue weighted by molar-refractivity contribution is 0.0297. The van der Waals surface area contributed by atoms with Gasteiger partial charge in [-0.3, -0.25) is 4.79 Å². The molecule has 0 radical (unpaired) electrons. The number of hydrogen-bond donors (Lipinski definition) is 2. The number of aliphatic hydroxyl groups excluding tert-OH is 1. The Bertz CT molecular complexity index is 464. The van der Waals surface area contributed by atoms with E-state index in [1.165, 1.54) is 12.1 Å². The van der Waals surface area contributed by atoms with Crippen LogP contribution in [0.2, 0.25) is 0 Å². The number of nitrogen functional groups attached to an aromatic ring is 1. The number of aliphatic hydroxyl groups is 1. The Labute approximate surface area is 105 Å². The van der Waals surface area contributed by atoms with Gasteiger partial charge in [0.05, 0.1) is 11.8 Å². The molecule has 98 valence electrons. The third-order valence-electron chi connectivity index (χ3n) is 3.39. The van der Waals surface area contributed by atoms with Crippen LogP contribution in [-0.4, -0.2) is 35.1 Å². The first-order valence-corrected chi connectivity index (χ1v) is 6.01. The van der Waals surface area contributed by atoms with Gasteiger partial charge in [-0.1, -0.05) is 6.92 Å². The molecule has 1 amide bonds. The zero-order chi connectivity index (χ0) is 13.3. The van der Waals surface area contributed by atoms with Crippen molar-refractivity contribution in [3.8, 4) is 0 Å². The van der Waals surface area contributed by atoms with Gasteiger partial charge in [0.25, 0.3) is 5.91 Å². The maximum absolute atomic E-state index is 13.3.